The van der Waals surface area contributed by atoms with E-state index in [-0.39, 0.29) is 6.10 Å². The summed E-state index contributed by atoms with van der Waals surface area (Å²) in [4.78, 5) is 9.01. The second kappa shape index (κ2) is 5.63. The van der Waals surface area contributed by atoms with E-state index in [2.05, 4.69) is 36.2 Å². The van der Waals surface area contributed by atoms with E-state index in [0.29, 0.717) is 17.8 Å². The van der Waals surface area contributed by atoms with Crippen molar-refractivity contribution in [1.82, 2.24) is 9.97 Å². The van der Waals surface area contributed by atoms with E-state index in [4.69, 9.17) is 10.6 Å². The molecule has 100 valence electrons. The number of rotatable bonds is 4. The summed E-state index contributed by atoms with van der Waals surface area (Å²) >= 11 is 0. The lowest BCUT2D eigenvalue weighted by Gasteiger charge is -2.13. The first-order chi connectivity index (χ1) is 8.58. The van der Waals surface area contributed by atoms with Crippen molar-refractivity contribution in [3.05, 3.63) is 17.6 Å². The van der Waals surface area contributed by atoms with Crippen molar-refractivity contribution in [3.63, 3.8) is 0 Å². The number of aromatic nitrogens is 2. The number of hydrogen-bond donors (Lipinski definition) is 2. The lowest BCUT2D eigenvalue weighted by molar-refractivity contribution is 0.0502. The molecule has 2 rings (SSSR count). The van der Waals surface area contributed by atoms with Gasteiger partial charge in [0.25, 0.3) is 0 Å². The Labute approximate surface area is 108 Å². The van der Waals surface area contributed by atoms with Gasteiger partial charge in [0.2, 0.25) is 0 Å². The molecule has 1 aromatic rings. The fourth-order valence-corrected chi connectivity index (χ4v) is 2.25. The molecule has 1 aliphatic rings. The molecule has 18 heavy (non-hydrogen) atoms. The van der Waals surface area contributed by atoms with Crippen molar-refractivity contribution in [2.75, 3.05) is 5.43 Å². The molecule has 0 saturated carbocycles. The van der Waals surface area contributed by atoms with Gasteiger partial charge in [0, 0.05) is 11.8 Å². The van der Waals surface area contributed by atoms with E-state index in [1.807, 2.05) is 6.07 Å². The summed E-state index contributed by atoms with van der Waals surface area (Å²) in [6.45, 7) is 6.43. The maximum atomic E-state index is 5.81. The van der Waals surface area contributed by atoms with E-state index >= 15 is 0 Å². The Morgan fingerprint density at radius 2 is 2.22 bits per heavy atom. The van der Waals surface area contributed by atoms with Crippen LogP contribution in [0.3, 0.4) is 0 Å². The van der Waals surface area contributed by atoms with Crippen molar-refractivity contribution in [2.24, 2.45) is 11.8 Å². The first-order valence-electron chi connectivity index (χ1n) is 6.58. The van der Waals surface area contributed by atoms with Gasteiger partial charge in [0.1, 0.15) is 11.9 Å². The van der Waals surface area contributed by atoms with Crippen molar-refractivity contribution < 1.29 is 4.74 Å². The zero-order valence-electron chi connectivity index (χ0n) is 11.3. The van der Waals surface area contributed by atoms with E-state index in [0.717, 1.165) is 30.8 Å². The minimum atomic E-state index is 0.0132. The Kier molecular flexibility index (Phi) is 4.14. The van der Waals surface area contributed by atoms with Crippen LogP contribution >= 0.6 is 0 Å². The molecule has 2 atom stereocenters. The molecule has 2 heterocycles. The fraction of sp³-hybridized carbons (Fsp3) is 0.692. The van der Waals surface area contributed by atoms with Crippen LogP contribution in [0.4, 0.5) is 5.82 Å². The third-order valence-electron chi connectivity index (χ3n) is 3.08. The van der Waals surface area contributed by atoms with Gasteiger partial charge in [-0.15, -0.1) is 0 Å². The SMILES string of the molecule is CC(C)Cc1cc(NN)nc(C2CCC(C)O2)n1. The van der Waals surface area contributed by atoms with E-state index in [1.54, 1.807) is 0 Å². The Bertz CT molecular complexity index is 408. The molecule has 1 saturated heterocycles. The number of nitrogens with one attached hydrogen (secondary N) is 1. The van der Waals surface area contributed by atoms with Crippen molar-refractivity contribution in [3.8, 4) is 0 Å². The number of hydrazine groups is 1. The highest BCUT2D eigenvalue weighted by Gasteiger charge is 2.26. The Hall–Kier alpha value is -1.20. The first kappa shape index (κ1) is 13.2. The highest BCUT2D eigenvalue weighted by molar-refractivity contribution is 5.35. The summed E-state index contributed by atoms with van der Waals surface area (Å²) in [7, 11) is 0. The highest BCUT2D eigenvalue weighted by Crippen LogP contribution is 2.31. The largest absolute Gasteiger partial charge is 0.367 e. The van der Waals surface area contributed by atoms with Crippen molar-refractivity contribution in [1.29, 1.82) is 0 Å². The average molecular weight is 250 g/mol. The van der Waals surface area contributed by atoms with Crippen LogP contribution in [0.25, 0.3) is 0 Å². The molecule has 0 bridgehead atoms. The van der Waals surface area contributed by atoms with E-state index in [9.17, 15) is 0 Å². The van der Waals surface area contributed by atoms with Gasteiger partial charge < -0.3 is 10.2 Å². The highest BCUT2D eigenvalue weighted by atomic mass is 16.5. The van der Waals surface area contributed by atoms with Gasteiger partial charge in [-0.3, -0.25) is 0 Å². The molecule has 5 nitrogen and oxygen atoms in total. The summed E-state index contributed by atoms with van der Waals surface area (Å²) in [6, 6.07) is 1.90. The minimum absolute atomic E-state index is 0.0132. The zero-order chi connectivity index (χ0) is 13.1. The molecule has 3 N–H and O–H groups in total. The number of ether oxygens (including phenoxy) is 1. The number of anilines is 1. The topological polar surface area (TPSA) is 73.1 Å². The molecule has 0 radical (unpaired) electrons. The van der Waals surface area contributed by atoms with Gasteiger partial charge in [-0.1, -0.05) is 13.8 Å². The summed E-state index contributed by atoms with van der Waals surface area (Å²) in [6.07, 6.45) is 3.28. The number of nitrogen functional groups attached to an aromatic ring is 1. The Morgan fingerprint density at radius 3 is 2.78 bits per heavy atom. The summed E-state index contributed by atoms with van der Waals surface area (Å²) in [5.41, 5.74) is 3.63. The predicted octanol–water partition coefficient (Wildman–Crippen LogP) is 2.20. The third-order valence-corrected chi connectivity index (χ3v) is 3.08. The molecular formula is C13H22N4O. The molecule has 1 aliphatic heterocycles. The standard InChI is InChI=1S/C13H22N4O/c1-8(2)6-10-7-12(17-14)16-13(15-10)11-5-4-9(3)18-11/h7-9,11H,4-6,14H2,1-3H3,(H,15,16,17). The van der Waals surface area contributed by atoms with Crippen LogP contribution in [-0.4, -0.2) is 16.1 Å². The third kappa shape index (κ3) is 3.17. The van der Waals surface area contributed by atoms with Crippen LogP contribution < -0.4 is 11.3 Å². The maximum absolute atomic E-state index is 5.81. The lowest BCUT2D eigenvalue weighted by atomic mass is 10.1. The normalized spacial score (nSPS) is 23.6. The summed E-state index contributed by atoms with van der Waals surface area (Å²) in [5, 5.41) is 0. The van der Waals surface area contributed by atoms with Gasteiger partial charge in [0.15, 0.2) is 5.82 Å². The smallest absolute Gasteiger partial charge is 0.159 e. The van der Waals surface area contributed by atoms with Crippen LogP contribution in [-0.2, 0) is 11.2 Å². The van der Waals surface area contributed by atoms with Crippen LogP contribution in [0.1, 0.15) is 51.2 Å². The van der Waals surface area contributed by atoms with Gasteiger partial charge in [-0.05, 0) is 32.1 Å². The Morgan fingerprint density at radius 1 is 1.44 bits per heavy atom. The van der Waals surface area contributed by atoms with E-state index < -0.39 is 0 Å². The number of nitrogens with two attached hydrogens (primary N) is 1. The fourth-order valence-electron chi connectivity index (χ4n) is 2.25. The Balaban J connectivity index is 2.23. The van der Waals surface area contributed by atoms with Crippen LogP contribution in [0.15, 0.2) is 6.07 Å². The average Bonchev–Trinajstić information content (AvgIpc) is 2.74. The van der Waals surface area contributed by atoms with Crippen LogP contribution in [0.5, 0.6) is 0 Å². The zero-order valence-corrected chi connectivity index (χ0v) is 11.3. The van der Waals surface area contributed by atoms with Gasteiger partial charge in [0.05, 0.1) is 6.10 Å². The molecule has 0 spiro atoms. The summed E-state index contributed by atoms with van der Waals surface area (Å²) in [5.74, 6) is 7.44. The maximum Gasteiger partial charge on any atom is 0.159 e. The second-order valence-corrected chi connectivity index (χ2v) is 5.36. The molecule has 0 aliphatic carbocycles. The van der Waals surface area contributed by atoms with E-state index in [1.165, 1.54) is 0 Å². The van der Waals surface area contributed by atoms with Gasteiger partial charge >= 0.3 is 0 Å². The molecule has 1 fully saturated rings. The molecule has 5 heteroatoms. The van der Waals surface area contributed by atoms with Crippen molar-refractivity contribution in [2.45, 2.75) is 52.2 Å². The van der Waals surface area contributed by atoms with Gasteiger partial charge in [-0.25, -0.2) is 15.8 Å². The lowest BCUT2D eigenvalue weighted by Crippen LogP contribution is -2.14. The second-order valence-electron chi connectivity index (χ2n) is 5.36. The number of hydrogen-bond acceptors (Lipinski definition) is 5. The monoisotopic (exact) mass is 250 g/mol. The quantitative estimate of drug-likeness (QED) is 0.633. The molecule has 0 amide bonds. The van der Waals surface area contributed by atoms with Crippen LogP contribution in [0, 0.1) is 5.92 Å². The first-order valence-corrected chi connectivity index (χ1v) is 6.58. The number of nitrogens with zero attached hydrogens (tertiary/aromatic N) is 2. The minimum Gasteiger partial charge on any atom is -0.367 e. The predicted molar refractivity (Wildman–Crippen MR) is 70.9 cm³/mol. The van der Waals surface area contributed by atoms with Crippen LogP contribution in [0.2, 0.25) is 0 Å². The molecular weight excluding hydrogens is 228 g/mol. The molecule has 1 aromatic heterocycles. The van der Waals surface area contributed by atoms with Gasteiger partial charge in [-0.2, -0.15) is 0 Å². The van der Waals surface area contributed by atoms with Crippen molar-refractivity contribution >= 4 is 5.82 Å². The summed E-state index contributed by atoms with van der Waals surface area (Å²) < 4.78 is 5.81. The molecule has 2 unspecified atom stereocenters. The molecule has 0 aromatic carbocycles.